The Kier molecular flexibility index (Phi) is 13.0. The highest BCUT2D eigenvalue weighted by Gasteiger charge is 2.53. The highest BCUT2D eigenvalue weighted by atomic mass is 16.7. The summed E-state index contributed by atoms with van der Waals surface area (Å²) in [7, 11) is 1.42. The van der Waals surface area contributed by atoms with Crippen LogP contribution in [0.2, 0.25) is 0 Å². The van der Waals surface area contributed by atoms with Gasteiger partial charge in [-0.15, -0.1) is 0 Å². The van der Waals surface area contributed by atoms with E-state index >= 15 is 0 Å². The number of methoxy groups -OCH3 is 1. The zero-order chi connectivity index (χ0) is 43.0. The summed E-state index contributed by atoms with van der Waals surface area (Å²) in [4.78, 5) is 71.2. The summed E-state index contributed by atoms with van der Waals surface area (Å²) in [6.45, 7) is 12.5. The van der Waals surface area contributed by atoms with Gasteiger partial charge in [0.2, 0.25) is 11.6 Å². The summed E-state index contributed by atoms with van der Waals surface area (Å²) in [5.74, 6) is -9.38. The first kappa shape index (κ1) is 43.8. The lowest BCUT2D eigenvalue weighted by molar-refractivity contribution is -0.160. The van der Waals surface area contributed by atoms with Crippen LogP contribution in [0.3, 0.4) is 0 Å². The van der Waals surface area contributed by atoms with Crippen LogP contribution in [0.25, 0.3) is 0 Å². The van der Waals surface area contributed by atoms with Crippen LogP contribution in [-0.4, -0.2) is 111 Å². The number of hydrogen-bond acceptors (Lipinski definition) is 15. The highest BCUT2D eigenvalue weighted by molar-refractivity contribution is 6.32. The number of aliphatic hydroxyl groups is 2. The number of piperidine rings is 1. The number of nitrogens with zero attached hydrogens (tertiary/aromatic N) is 2. The third kappa shape index (κ3) is 8.05. The molecule has 1 aromatic rings. The molecule has 6 rings (SSSR count). The fraction of sp³-hybridized carbons (Fsp3) is 0.524. The number of aliphatic hydroxyl groups excluding tert-OH is 2. The molecule has 1 aromatic carbocycles. The molecular formula is C42H53N3O13. The normalized spacial score (nSPS) is 33.1. The standard InChI is InChI=1S/C42H53N3O13/c1-19-11-10-12-20(2)41(53)43-31-32(45-16-13-26(44-54)14-17-45)37(51)28-29(36(31)50)35(49)24(6)39-30(28)40(52)42(8,58-39)56-18-15-27(55-9)21(3)38(57-25(7)46)23(5)34(48)22(4)33(19)47/h10-12,15,18-19,21-23,27,33-34,38,47-49,54H,13-14,16-17H2,1-9H3,(H,43,53)/b11-10+,18-15+,20-12-/t19-,21+,22+,23+,27-,33-,34+,38+,42-/m0/s1. The minimum Gasteiger partial charge on any atom is -0.507 e. The molecule has 0 spiro atoms. The Labute approximate surface area is 336 Å². The molecule has 1 amide bonds. The topological polar surface area (TPSA) is 231 Å². The molecule has 0 saturated carbocycles. The van der Waals surface area contributed by atoms with Crippen molar-refractivity contribution in [3.8, 4) is 11.5 Å². The van der Waals surface area contributed by atoms with Gasteiger partial charge in [0.15, 0.2) is 0 Å². The molecule has 0 unspecified atom stereocenters. The van der Waals surface area contributed by atoms with Gasteiger partial charge in [-0.3, -0.25) is 24.0 Å². The van der Waals surface area contributed by atoms with E-state index in [1.165, 1.54) is 47.0 Å². The van der Waals surface area contributed by atoms with Crippen LogP contribution >= 0.6 is 0 Å². The Balaban J connectivity index is 1.67. The maximum absolute atomic E-state index is 14.8. The number of Topliss-reactive ketones (excluding diaryl/α,β-unsaturated/α-hetero) is 3. The number of nitrogens with one attached hydrogen (secondary N) is 1. The number of carbonyl (C=O) groups is 5. The number of esters is 1. The van der Waals surface area contributed by atoms with Crippen LogP contribution in [0.5, 0.6) is 11.5 Å². The third-order valence-electron chi connectivity index (χ3n) is 11.7. The molecule has 0 aromatic heterocycles. The SMILES string of the molecule is CO[C@H]1/C=C/O[C@@]2(C)Oc3c(C)c(O)c4c(c3C2=O)C(=O)C(N2CCC(=NO)CC2)=C(NC(=O)/C(C)=C\C=C\[C@H](C)[C@H](O)[C@@H](C)[C@@H](O)[C@@H](C)[C@H](OC(C)=O)[C@@H]1C)C4=O. The Bertz CT molecular complexity index is 2020. The van der Waals surface area contributed by atoms with Crippen LogP contribution in [-0.2, 0) is 23.8 Å². The molecule has 4 aliphatic heterocycles. The summed E-state index contributed by atoms with van der Waals surface area (Å²) >= 11 is 0. The lowest BCUT2D eigenvalue weighted by Crippen LogP contribution is -2.46. The van der Waals surface area contributed by atoms with E-state index in [9.17, 15) is 44.5 Å². The predicted molar refractivity (Wildman–Crippen MR) is 208 cm³/mol. The van der Waals surface area contributed by atoms with Gasteiger partial charge >= 0.3 is 11.8 Å². The van der Waals surface area contributed by atoms with Crippen molar-refractivity contribution in [3.63, 3.8) is 0 Å². The Hall–Kier alpha value is -5.32. The number of aromatic hydroxyl groups is 1. The van der Waals surface area contributed by atoms with Crippen molar-refractivity contribution in [2.45, 2.75) is 98.4 Å². The van der Waals surface area contributed by atoms with Crippen LogP contribution in [0, 0.1) is 30.6 Å². The molecule has 16 heteroatoms. The van der Waals surface area contributed by atoms with Gasteiger partial charge in [0, 0.05) is 81.7 Å². The molecule has 0 radical (unpaired) electrons. The minimum absolute atomic E-state index is 0.0205. The smallest absolute Gasteiger partial charge is 0.312 e. The number of amides is 1. The van der Waals surface area contributed by atoms with Crippen LogP contribution in [0.1, 0.15) is 97.9 Å². The average molecular weight is 808 g/mol. The number of allylic oxidation sites excluding steroid dienone is 4. The Morgan fingerprint density at radius 2 is 1.60 bits per heavy atom. The van der Waals surface area contributed by atoms with Gasteiger partial charge in [0.1, 0.15) is 29.0 Å². The summed E-state index contributed by atoms with van der Waals surface area (Å²) in [6.07, 6.45) is 3.78. The maximum atomic E-state index is 14.8. The lowest BCUT2D eigenvalue weighted by Gasteiger charge is -2.38. The number of ketones is 3. The first-order chi connectivity index (χ1) is 27.3. The van der Waals surface area contributed by atoms with E-state index in [1.807, 2.05) is 0 Å². The number of phenols is 1. The molecule has 58 heavy (non-hydrogen) atoms. The monoisotopic (exact) mass is 807 g/mol. The number of carbonyl (C=O) groups excluding carboxylic acids is 5. The average Bonchev–Trinajstić information content (AvgIpc) is 3.46. The summed E-state index contributed by atoms with van der Waals surface area (Å²) in [5.41, 5.74) is -1.24. The largest absolute Gasteiger partial charge is 0.507 e. The molecule has 314 valence electrons. The van der Waals surface area contributed by atoms with E-state index in [4.69, 9.17) is 18.9 Å². The number of benzene rings is 1. The van der Waals surface area contributed by atoms with Crippen molar-refractivity contribution in [1.82, 2.24) is 10.2 Å². The molecule has 9 atom stereocenters. The van der Waals surface area contributed by atoms with Crippen molar-refractivity contribution in [2.24, 2.45) is 28.8 Å². The number of rotatable bonds is 3. The molecule has 16 nitrogen and oxygen atoms in total. The highest BCUT2D eigenvalue weighted by Crippen LogP contribution is 2.49. The number of fused-ring (bicyclic) bond motifs is 14. The molecule has 5 bridgehead atoms. The zero-order valence-electron chi connectivity index (χ0n) is 34.2. The zero-order valence-corrected chi connectivity index (χ0v) is 34.2. The molecule has 5 aliphatic rings. The van der Waals surface area contributed by atoms with Gasteiger partial charge in [-0.05, 0) is 19.9 Å². The molecule has 1 fully saturated rings. The molecule has 1 aliphatic carbocycles. The number of hydrogen-bond donors (Lipinski definition) is 5. The quantitative estimate of drug-likeness (QED) is 0.166. The Morgan fingerprint density at radius 1 is 0.948 bits per heavy atom. The lowest BCUT2D eigenvalue weighted by atomic mass is 9.78. The number of likely N-dealkylation sites (tertiary alicyclic amines) is 1. The van der Waals surface area contributed by atoms with Gasteiger partial charge < -0.3 is 49.7 Å². The van der Waals surface area contributed by atoms with Gasteiger partial charge in [-0.1, -0.05) is 51.1 Å². The van der Waals surface area contributed by atoms with Crippen molar-refractivity contribution in [3.05, 3.63) is 69.8 Å². The number of oxime groups is 1. The van der Waals surface area contributed by atoms with Crippen LogP contribution in [0.4, 0.5) is 0 Å². The first-order valence-corrected chi connectivity index (χ1v) is 19.3. The molecule has 4 heterocycles. The van der Waals surface area contributed by atoms with E-state index in [-0.39, 0.29) is 54.1 Å². The second-order valence-corrected chi connectivity index (χ2v) is 15.7. The van der Waals surface area contributed by atoms with Crippen molar-refractivity contribution < 1.29 is 63.4 Å². The summed E-state index contributed by atoms with van der Waals surface area (Å²) in [5, 5.41) is 49.6. The predicted octanol–water partition coefficient (Wildman–Crippen LogP) is 3.88. The number of ether oxygens (including phenoxy) is 4. The van der Waals surface area contributed by atoms with Gasteiger partial charge in [-0.25, -0.2) is 0 Å². The first-order valence-electron chi connectivity index (χ1n) is 19.3. The second-order valence-electron chi connectivity index (χ2n) is 15.7. The fourth-order valence-electron chi connectivity index (χ4n) is 8.07. The van der Waals surface area contributed by atoms with Crippen molar-refractivity contribution >= 4 is 34.9 Å². The number of phenolic OH excluding ortho intramolecular Hbond substituents is 1. The fourth-order valence-corrected chi connectivity index (χ4v) is 8.07. The van der Waals surface area contributed by atoms with Gasteiger partial charge in [0.25, 0.3) is 11.7 Å². The van der Waals surface area contributed by atoms with Crippen molar-refractivity contribution in [1.29, 1.82) is 0 Å². The maximum Gasteiger partial charge on any atom is 0.312 e. The molecular weight excluding hydrogens is 754 g/mol. The minimum atomic E-state index is -2.10. The summed E-state index contributed by atoms with van der Waals surface area (Å²) < 4.78 is 23.5. The van der Waals surface area contributed by atoms with Gasteiger partial charge in [0.05, 0.1) is 47.0 Å². The van der Waals surface area contributed by atoms with Crippen molar-refractivity contribution in [2.75, 3.05) is 20.2 Å². The van der Waals surface area contributed by atoms with E-state index in [1.54, 1.807) is 44.7 Å². The summed E-state index contributed by atoms with van der Waals surface area (Å²) in [6, 6.07) is 0. The van der Waals surface area contributed by atoms with E-state index in [2.05, 4.69) is 10.5 Å². The second kappa shape index (κ2) is 17.3. The third-order valence-corrected chi connectivity index (χ3v) is 11.7. The molecule has 5 N–H and O–H groups in total. The van der Waals surface area contributed by atoms with Crippen LogP contribution < -0.4 is 10.1 Å². The molecule has 1 saturated heterocycles. The van der Waals surface area contributed by atoms with Gasteiger partial charge in [-0.2, -0.15) is 0 Å². The Morgan fingerprint density at radius 3 is 2.21 bits per heavy atom. The van der Waals surface area contributed by atoms with E-state index in [0.29, 0.717) is 5.71 Å². The van der Waals surface area contributed by atoms with Crippen LogP contribution in [0.15, 0.2) is 52.7 Å². The van der Waals surface area contributed by atoms with E-state index in [0.717, 1.165) is 6.26 Å². The van der Waals surface area contributed by atoms with E-state index < -0.39 is 106 Å².